The van der Waals surface area contributed by atoms with Gasteiger partial charge >= 0.3 is 5.97 Å². The molecule has 2 atom stereocenters. The summed E-state index contributed by atoms with van der Waals surface area (Å²) in [4.78, 5) is 25.8. The molecule has 0 unspecified atom stereocenters. The molecule has 0 N–H and O–H groups in total. The molecule has 1 saturated heterocycles. The van der Waals surface area contributed by atoms with Crippen LogP contribution in [-0.4, -0.2) is 55.3 Å². The van der Waals surface area contributed by atoms with Gasteiger partial charge in [-0.3, -0.25) is 4.79 Å². The fourth-order valence-electron chi connectivity index (χ4n) is 3.22. The van der Waals surface area contributed by atoms with E-state index in [1.54, 1.807) is 17.0 Å². The number of amides is 1. The zero-order valence-electron chi connectivity index (χ0n) is 16.5. The first-order chi connectivity index (χ1) is 13.9. The molecule has 0 saturated carbocycles. The van der Waals surface area contributed by atoms with Crippen LogP contribution in [0.3, 0.4) is 0 Å². The maximum atomic E-state index is 12.2. The summed E-state index contributed by atoms with van der Waals surface area (Å²) in [7, 11) is 0. The van der Waals surface area contributed by atoms with E-state index >= 15 is 0 Å². The van der Waals surface area contributed by atoms with E-state index in [1.807, 2.05) is 50.2 Å². The summed E-state index contributed by atoms with van der Waals surface area (Å²) < 4.78 is 16.1. The van der Waals surface area contributed by atoms with E-state index in [4.69, 9.17) is 25.8 Å². The van der Waals surface area contributed by atoms with Gasteiger partial charge in [0.05, 0.1) is 17.2 Å². The second-order valence-corrected chi connectivity index (χ2v) is 7.42. The lowest BCUT2D eigenvalue weighted by Gasteiger charge is -2.35. The van der Waals surface area contributed by atoms with Gasteiger partial charge in [-0.25, -0.2) is 4.79 Å². The van der Waals surface area contributed by atoms with Gasteiger partial charge in [-0.1, -0.05) is 48.0 Å². The van der Waals surface area contributed by atoms with Crippen LogP contribution in [0, 0.1) is 0 Å². The van der Waals surface area contributed by atoms with Crippen molar-refractivity contribution in [2.75, 3.05) is 26.3 Å². The lowest BCUT2D eigenvalue weighted by Crippen LogP contribution is -2.49. The van der Waals surface area contributed by atoms with Gasteiger partial charge in [0.15, 0.2) is 13.2 Å². The van der Waals surface area contributed by atoms with E-state index in [-0.39, 0.29) is 31.3 Å². The number of morpholine rings is 1. The van der Waals surface area contributed by atoms with Crippen molar-refractivity contribution in [3.8, 4) is 16.9 Å². The first-order valence-corrected chi connectivity index (χ1v) is 9.87. The zero-order chi connectivity index (χ0) is 20.8. The third-order valence-corrected chi connectivity index (χ3v) is 4.81. The minimum absolute atomic E-state index is 0.0391. The average molecular weight is 418 g/mol. The highest BCUT2D eigenvalue weighted by Gasteiger charge is 2.26. The van der Waals surface area contributed by atoms with Crippen molar-refractivity contribution in [1.29, 1.82) is 0 Å². The fourth-order valence-corrected chi connectivity index (χ4v) is 3.46. The summed E-state index contributed by atoms with van der Waals surface area (Å²) in [5.74, 6) is -0.494. The Morgan fingerprint density at radius 1 is 1.03 bits per heavy atom. The van der Waals surface area contributed by atoms with Crippen molar-refractivity contribution in [3.05, 3.63) is 53.6 Å². The van der Waals surface area contributed by atoms with Crippen LogP contribution < -0.4 is 4.74 Å². The number of carbonyl (C=O) groups excluding carboxylic acids is 2. The van der Waals surface area contributed by atoms with Crippen molar-refractivity contribution >= 4 is 23.5 Å². The molecule has 6 nitrogen and oxygen atoms in total. The van der Waals surface area contributed by atoms with Gasteiger partial charge in [-0.05, 0) is 37.1 Å². The van der Waals surface area contributed by atoms with E-state index in [1.165, 1.54) is 0 Å². The SMILES string of the molecule is C[C@@H]1CN(C(=O)COC(=O)COc2ccc(-c3ccccc3)cc2Cl)C[C@@H](C)O1. The molecule has 1 fully saturated rings. The molecule has 1 heterocycles. The first kappa shape index (κ1) is 21.1. The average Bonchev–Trinajstić information content (AvgIpc) is 2.71. The molecule has 2 aromatic rings. The third kappa shape index (κ3) is 5.95. The lowest BCUT2D eigenvalue weighted by molar-refractivity contribution is -0.158. The Kier molecular flexibility index (Phi) is 7.12. The molecule has 0 aromatic heterocycles. The van der Waals surface area contributed by atoms with Gasteiger partial charge in [0, 0.05) is 13.1 Å². The van der Waals surface area contributed by atoms with Crippen LogP contribution in [0.2, 0.25) is 5.02 Å². The summed E-state index contributed by atoms with van der Waals surface area (Å²) in [5, 5.41) is 0.395. The Morgan fingerprint density at radius 3 is 2.38 bits per heavy atom. The van der Waals surface area contributed by atoms with Crippen molar-refractivity contribution in [1.82, 2.24) is 4.90 Å². The molecule has 0 radical (unpaired) electrons. The van der Waals surface area contributed by atoms with E-state index in [0.717, 1.165) is 11.1 Å². The largest absolute Gasteiger partial charge is 0.480 e. The van der Waals surface area contributed by atoms with E-state index in [2.05, 4.69) is 0 Å². The Bertz CT molecular complexity index is 848. The van der Waals surface area contributed by atoms with Crippen molar-refractivity contribution in [3.63, 3.8) is 0 Å². The van der Waals surface area contributed by atoms with Crippen molar-refractivity contribution in [2.24, 2.45) is 0 Å². The minimum Gasteiger partial charge on any atom is -0.480 e. The van der Waals surface area contributed by atoms with Gasteiger partial charge in [0.1, 0.15) is 5.75 Å². The molecule has 1 amide bonds. The summed E-state index contributed by atoms with van der Waals surface area (Å²) >= 11 is 6.27. The molecular weight excluding hydrogens is 394 g/mol. The fraction of sp³-hybridized carbons (Fsp3) is 0.364. The van der Waals surface area contributed by atoms with Crippen LogP contribution in [0.25, 0.3) is 11.1 Å². The smallest absolute Gasteiger partial charge is 0.344 e. The lowest BCUT2D eigenvalue weighted by atomic mass is 10.1. The van der Waals surface area contributed by atoms with Crippen LogP contribution in [-0.2, 0) is 19.1 Å². The standard InChI is InChI=1S/C22H24ClNO5/c1-15-11-24(12-16(2)29-15)21(25)13-28-22(26)14-27-20-9-8-18(10-19(20)23)17-6-4-3-5-7-17/h3-10,15-16H,11-14H2,1-2H3/t15-,16-/m1/s1. The number of hydrogen-bond donors (Lipinski definition) is 0. The van der Waals surface area contributed by atoms with Crippen LogP contribution in [0.1, 0.15) is 13.8 Å². The quantitative estimate of drug-likeness (QED) is 0.672. The monoisotopic (exact) mass is 417 g/mol. The number of carbonyl (C=O) groups is 2. The molecule has 0 bridgehead atoms. The van der Waals surface area contributed by atoms with E-state index in [9.17, 15) is 9.59 Å². The van der Waals surface area contributed by atoms with Crippen LogP contribution in [0.4, 0.5) is 0 Å². The molecule has 2 aromatic carbocycles. The summed E-state index contributed by atoms with van der Waals surface area (Å²) in [5.41, 5.74) is 1.98. The Labute approximate surface area is 175 Å². The molecular formula is C22H24ClNO5. The molecule has 1 aliphatic heterocycles. The highest BCUT2D eigenvalue weighted by atomic mass is 35.5. The molecule has 7 heteroatoms. The molecule has 29 heavy (non-hydrogen) atoms. The zero-order valence-corrected chi connectivity index (χ0v) is 17.2. The van der Waals surface area contributed by atoms with E-state index in [0.29, 0.717) is 23.9 Å². The number of ether oxygens (including phenoxy) is 3. The van der Waals surface area contributed by atoms with Crippen LogP contribution >= 0.6 is 11.6 Å². The first-order valence-electron chi connectivity index (χ1n) is 9.49. The molecule has 0 aliphatic carbocycles. The van der Waals surface area contributed by atoms with Crippen LogP contribution in [0.15, 0.2) is 48.5 Å². The van der Waals surface area contributed by atoms with Crippen molar-refractivity contribution < 1.29 is 23.8 Å². The second-order valence-electron chi connectivity index (χ2n) is 7.02. The minimum atomic E-state index is -0.629. The number of esters is 1. The highest BCUT2D eigenvalue weighted by Crippen LogP contribution is 2.30. The van der Waals surface area contributed by atoms with Crippen LogP contribution in [0.5, 0.6) is 5.75 Å². The van der Waals surface area contributed by atoms with Gasteiger partial charge in [-0.15, -0.1) is 0 Å². The summed E-state index contributed by atoms with van der Waals surface area (Å²) in [6.07, 6.45) is -0.0783. The molecule has 0 spiro atoms. The third-order valence-electron chi connectivity index (χ3n) is 4.51. The van der Waals surface area contributed by atoms with Gasteiger partial charge in [0.2, 0.25) is 0 Å². The Hall–Kier alpha value is -2.57. The predicted molar refractivity (Wildman–Crippen MR) is 110 cm³/mol. The molecule has 3 rings (SSSR count). The summed E-state index contributed by atoms with van der Waals surface area (Å²) in [6.45, 7) is 4.14. The number of hydrogen-bond acceptors (Lipinski definition) is 5. The maximum Gasteiger partial charge on any atom is 0.344 e. The summed E-state index contributed by atoms with van der Waals surface area (Å²) in [6, 6.07) is 15.2. The van der Waals surface area contributed by atoms with E-state index < -0.39 is 5.97 Å². The predicted octanol–water partition coefficient (Wildman–Crippen LogP) is 3.56. The number of rotatable bonds is 6. The molecule has 1 aliphatic rings. The van der Waals surface area contributed by atoms with Gasteiger partial charge < -0.3 is 19.1 Å². The van der Waals surface area contributed by atoms with Crippen molar-refractivity contribution in [2.45, 2.75) is 26.1 Å². The Balaban J connectivity index is 1.47. The highest BCUT2D eigenvalue weighted by molar-refractivity contribution is 6.32. The Morgan fingerprint density at radius 2 is 1.72 bits per heavy atom. The normalized spacial score (nSPS) is 18.9. The molecule has 154 valence electrons. The number of nitrogens with zero attached hydrogens (tertiary/aromatic N) is 1. The topological polar surface area (TPSA) is 65.1 Å². The second kappa shape index (κ2) is 9.76. The maximum absolute atomic E-state index is 12.2. The van der Waals surface area contributed by atoms with Gasteiger partial charge in [-0.2, -0.15) is 0 Å². The number of halogens is 1. The van der Waals surface area contributed by atoms with Gasteiger partial charge in [0.25, 0.3) is 5.91 Å². The number of benzene rings is 2.